The standard InChI is InChI=1S/C21H19N5O4S/c1-11(2)26-21(29)15-7-5-4-6-14(15)18(25-26)20(28)24-23-19(27)13-8-17(30-9-13)16-10-31-12(3)22-16/h4-11H,1-3H3,(H,23,27)(H,24,28). The summed E-state index contributed by atoms with van der Waals surface area (Å²) < 4.78 is 6.66. The van der Waals surface area contributed by atoms with Crippen molar-refractivity contribution >= 4 is 33.9 Å². The molecular formula is C21H19N5O4S. The van der Waals surface area contributed by atoms with Crippen molar-refractivity contribution in [3.63, 3.8) is 0 Å². The van der Waals surface area contributed by atoms with Crippen molar-refractivity contribution in [2.24, 2.45) is 0 Å². The van der Waals surface area contributed by atoms with Crippen molar-refractivity contribution in [3.05, 3.63) is 68.6 Å². The molecule has 10 heteroatoms. The summed E-state index contributed by atoms with van der Waals surface area (Å²) in [6.45, 7) is 5.47. The lowest BCUT2D eigenvalue weighted by atomic mass is 10.1. The number of furan rings is 1. The van der Waals surface area contributed by atoms with Gasteiger partial charge >= 0.3 is 0 Å². The third kappa shape index (κ3) is 3.97. The molecule has 4 aromatic rings. The van der Waals surface area contributed by atoms with Crippen LogP contribution in [0.4, 0.5) is 0 Å². The maximum Gasteiger partial charge on any atom is 0.290 e. The number of hydrogen-bond donors (Lipinski definition) is 2. The molecule has 3 heterocycles. The molecule has 31 heavy (non-hydrogen) atoms. The topological polar surface area (TPSA) is 119 Å². The molecule has 2 amide bonds. The van der Waals surface area contributed by atoms with Crippen LogP contribution in [0.2, 0.25) is 0 Å². The lowest BCUT2D eigenvalue weighted by Gasteiger charge is -2.13. The normalized spacial score (nSPS) is 11.1. The second-order valence-corrected chi connectivity index (χ2v) is 8.16. The van der Waals surface area contributed by atoms with Crippen molar-refractivity contribution in [1.82, 2.24) is 25.6 Å². The quantitative estimate of drug-likeness (QED) is 0.474. The van der Waals surface area contributed by atoms with Crippen LogP contribution in [0.3, 0.4) is 0 Å². The lowest BCUT2D eigenvalue weighted by molar-refractivity contribution is 0.0843. The molecule has 0 atom stereocenters. The second kappa shape index (κ2) is 8.15. The van der Waals surface area contributed by atoms with Crippen LogP contribution < -0.4 is 16.4 Å². The van der Waals surface area contributed by atoms with Crippen LogP contribution in [-0.4, -0.2) is 26.6 Å². The molecular weight excluding hydrogens is 418 g/mol. The number of nitrogens with zero attached hydrogens (tertiary/aromatic N) is 3. The third-order valence-corrected chi connectivity index (χ3v) is 5.33. The summed E-state index contributed by atoms with van der Waals surface area (Å²) in [6, 6.07) is 8.02. The molecule has 3 aromatic heterocycles. The van der Waals surface area contributed by atoms with Gasteiger partial charge in [0, 0.05) is 10.8 Å². The largest absolute Gasteiger partial charge is 0.462 e. The van der Waals surface area contributed by atoms with E-state index in [-0.39, 0.29) is 22.9 Å². The number of benzene rings is 1. The van der Waals surface area contributed by atoms with E-state index in [0.717, 1.165) is 5.01 Å². The fourth-order valence-electron chi connectivity index (χ4n) is 3.04. The van der Waals surface area contributed by atoms with Gasteiger partial charge in [-0.25, -0.2) is 9.67 Å². The highest BCUT2D eigenvalue weighted by molar-refractivity contribution is 7.09. The zero-order chi connectivity index (χ0) is 22.1. The molecule has 0 unspecified atom stereocenters. The monoisotopic (exact) mass is 437 g/mol. The first-order chi connectivity index (χ1) is 14.8. The number of aromatic nitrogens is 3. The van der Waals surface area contributed by atoms with E-state index >= 15 is 0 Å². The Morgan fingerprint density at radius 3 is 2.52 bits per heavy atom. The molecule has 0 aliphatic carbocycles. The molecule has 0 saturated heterocycles. The van der Waals surface area contributed by atoms with Gasteiger partial charge in [0.2, 0.25) is 0 Å². The van der Waals surface area contributed by atoms with Crippen LogP contribution in [0.5, 0.6) is 0 Å². The lowest BCUT2D eigenvalue weighted by Crippen LogP contribution is -2.42. The van der Waals surface area contributed by atoms with Crippen molar-refractivity contribution in [2.45, 2.75) is 26.8 Å². The number of fused-ring (bicyclic) bond motifs is 1. The maximum atomic E-state index is 12.8. The van der Waals surface area contributed by atoms with E-state index in [1.165, 1.54) is 22.3 Å². The summed E-state index contributed by atoms with van der Waals surface area (Å²) in [6.07, 6.45) is 1.29. The van der Waals surface area contributed by atoms with Gasteiger partial charge in [-0.2, -0.15) is 5.10 Å². The van der Waals surface area contributed by atoms with E-state index < -0.39 is 11.8 Å². The Labute approximate surface area is 180 Å². The highest BCUT2D eigenvalue weighted by atomic mass is 32.1. The highest BCUT2D eigenvalue weighted by Gasteiger charge is 2.19. The number of rotatable bonds is 4. The molecule has 2 N–H and O–H groups in total. The van der Waals surface area contributed by atoms with E-state index in [2.05, 4.69) is 20.9 Å². The van der Waals surface area contributed by atoms with Crippen LogP contribution >= 0.6 is 11.3 Å². The van der Waals surface area contributed by atoms with Gasteiger partial charge in [-0.15, -0.1) is 11.3 Å². The van der Waals surface area contributed by atoms with Gasteiger partial charge in [0.05, 0.1) is 22.0 Å². The number of aryl methyl sites for hydroxylation is 1. The van der Waals surface area contributed by atoms with E-state index in [9.17, 15) is 14.4 Å². The van der Waals surface area contributed by atoms with Crippen LogP contribution in [0.1, 0.15) is 45.7 Å². The fraction of sp³-hybridized carbons (Fsp3) is 0.190. The number of hydrazine groups is 1. The maximum absolute atomic E-state index is 12.8. The Morgan fingerprint density at radius 1 is 1.13 bits per heavy atom. The van der Waals surface area contributed by atoms with Gasteiger partial charge in [-0.1, -0.05) is 18.2 Å². The minimum absolute atomic E-state index is 0.0371. The average Bonchev–Trinajstić information content (AvgIpc) is 3.41. The Morgan fingerprint density at radius 2 is 1.84 bits per heavy atom. The Balaban J connectivity index is 1.55. The number of hydrogen-bond acceptors (Lipinski definition) is 7. The molecule has 158 valence electrons. The van der Waals surface area contributed by atoms with Crippen molar-refractivity contribution in [1.29, 1.82) is 0 Å². The predicted octanol–water partition coefficient (Wildman–Crippen LogP) is 3.08. The smallest absolute Gasteiger partial charge is 0.290 e. The molecule has 0 fully saturated rings. The molecule has 0 radical (unpaired) electrons. The van der Waals surface area contributed by atoms with Crippen molar-refractivity contribution in [3.8, 4) is 11.5 Å². The van der Waals surface area contributed by atoms with Crippen LogP contribution in [0.25, 0.3) is 22.2 Å². The zero-order valence-corrected chi connectivity index (χ0v) is 17.8. The molecule has 0 spiro atoms. The molecule has 0 bridgehead atoms. The van der Waals surface area contributed by atoms with Gasteiger partial charge < -0.3 is 4.42 Å². The number of amides is 2. The first-order valence-electron chi connectivity index (χ1n) is 9.48. The molecule has 1 aromatic carbocycles. The van der Waals surface area contributed by atoms with Gasteiger partial charge in [-0.3, -0.25) is 25.2 Å². The number of thiazole rings is 1. The average molecular weight is 437 g/mol. The summed E-state index contributed by atoms with van der Waals surface area (Å²) in [5, 5.41) is 7.70. The molecule has 0 aliphatic heterocycles. The molecule has 4 rings (SSSR count). The predicted molar refractivity (Wildman–Crippen MR) is 116 cm³/mol. The first-order valence-corrected chi connectivity index (χ1v) is 10.4. The van der Waals surface area contributed by atoms with Crippen LogP contribution in [0, 0.1) is 6.92 Å². The van der Waals surface area contributed by atoms with Gasteiger partial charge in [-0.05, 0) is 32.9 Å². The number of carbonyl (C=O) groups is 2. The van der Waals surface area contributed by atoms with Crippen LogP contribution in [0.15, 0.2) is 51.2 Å². The summed E-state index contributed by atoms with van der Waals surface area (Å²) in [5.74, 6) is -0.743. The number of carbonyl (C=O) groups excluding carboxylic acids is 2. The Kier molecular flexibility index (Phi) is 5.38. The first kappa shape index (κ1) is 20.5. The van der Waals surface area contributed by atoms with Gasteiger partial charge in [0.15, 0.2) is 11.5 Å². The van der Waals surface area contributed by atoms with Crippen LogP contribution in [-0.2, 0) is 0 Å². The minimum atomic E-state index is -0.641. The van der Waals surface area contributed by atoms with Crippen molar-refractivity contribution < 1.29 is 14.0 Å². The summed E-state index contributed by atoms with van der Waals surface area (Å²) in [4.78, 5) is 42.1. The van der Waals surface area contributed by atoms with E-state index in [4.69, 9.17) is 4.42 Å². The third-order valence-electron chi connectivity index (χ3n) is 4.56. The van der Waals surface area contributed by atoms with Gasteiger partial charge in [0.25, 0.3) is 17.4 Å². The SMILES string of the molecule is Cc1nc(-c2cc(C(=O)NNC(=O)c3nn(C(C)C)c(=O)c4ccccc34)co2)cs1. The molecule has 0 saturated carbocycles. The van der Waals surface area contributed by atoms with E-state index in [1.807, 2.05) is 12.3 Å². The van der Waals surface area contributed by atoms with E-state index in [1.54, 1.807) is 44.2 Å². The number of nitrogens with one attached hydrogen (secondary N) is 2. The van der Waals surface area contributed by atoms with Gasteiger partial charge in [0.1, 0.15) is 12.0 Å². The zero-order valence-electron chi connectivity index (χ0n) is 17.0. The molecule has 0 aliphatic rings. The second-order valence-electron chi connectivity index (χ2n) is 7.10. The van der Waals surface area contributed by atoms with Crippen molar-refractivity contribution in [2.75, 3.05) is 0 Å². The summed E-state index contributed by atoms with van der Waals surface area (Å²) >= 11 is 1.47. The highest BCUT2D eigenvalue weighted by Crippen LogP contribution is 2.23. The Bertz CT molecular complexity index is 1350. The Hall–Kier alpha value is -3.79. The van der Waals surface area contributed by atoms with E-state index in [0.29, 0.717) is 22.2 Å². The molecule has 9 nitrogen and oxygen atoms in total. The fourth-order valence-corrected chi connectivity index (χ4v) is 3.64. The minimum Gasteiger partial charge on any atom is -0.462 e. The summed E-state index contributed by atoms with van der Waals surface area (Å²) in [5.41, 5.74) is 5.33. The summed E-state index contributed by atoms with van der Waals surface area (Å²) in [7, 11) is 0.